The normalized spacial score (nSPS) is 10.9. The second-order valence-corrected chi connectivity index (χ2v) is 4.85. The zero-order valence-electron chi connectivity index (χ0n) is 7.56. The van der Waals surface area contributed by atoms with Gasteiger partial charge in [0.25, 0.3) is 0 Å². The number of aliphatic hydroxyl groups excluding tert-OH is 1. The van der Waals surface area contributed by atoms with Crippen molar-refractivity contribution in [2.45, 2.75) is 11.5 Å². The van der Waals surface area contributed by atoms with E-state index in [1.807, 2.05) is 6.07 Å². The molecule has 5 heteroatoms. The van der Waals surface area contributed by atoms with Gasteiger partial charge in [0.1, 0.15) is 0 Å². The van der Waals surface area contributed by atoms with E-state index < -0.39 is 9.84 Å². The minimum absolute atomic E-state index is 0.0130. The Kier molecular flexibility index (Phi) is 2.89. The molecule has 1 aromatic carbocycles. The van der Waals surface area contributed by atoms with Crippen LogP contribution in [-0.2, 0) is 16.4 Å². The van der Waals surface area contributed by atoms with Gasteiger partial charge in [0.15, 0.2) is 9.84 Å². The predicted molar refractivity (Wildman–Crippen MR) is 50.2 cm³/mol. The fourth-order valence-electron chi connectivity index (χ4n) is 1.10. The lowest BCUT2D eigenvalue weighted by atomic mass is 10.1. The molecule has 0 bridgehead atoms. The van der Waals surface area contributed by atoms with Gasteiger partial charge in [0, 0.05) is 6.26 Å². The maximum absolute atomic E-state index is 11.3. The molecule has 0 saturated carbocycles. The molecule has 0 saturated heterocycles. The summed E-state index contributed by atoms with van der Waals surface area (Å²) in [7, 11) is -3.39. The highest BCUT2D eigenvalue weighted by Gasteiger charge is 2.13. The van der Waals surface area contributed by atoms with Crippen LogP contribution in [0.4, 0.5) is 0 Å². The summed E-state index contributed by atoms with van der Waals surface area (Å²) in [6.45, 7) is -0.353. The number of hydrogen-bond donors (Lipinski definition) is 1. The highest BCUT2D eigenvalue weighted by atomic mass is 32.2. The Morgan fingerprint density at radius 1 is 1.50 bits per heavy atom. The van der Waals surface area contributed by atoms with E-state index in [0.717, 1.165) is 6.26 Å². The van der Waals surface area contributed by atoms with Crippen LogP contribution in [0.2, 0.25) is 0 Å². The van der Waals surface area contributed by atoms with Crippen molar-refractivity contribution in [3.63, 3.8) is 0 Å². The maximum Gasteiger partial charge on any atom is 0.175 e. The summed E-state index contributed by atoms with van der Waals surface area (Å²) in [6.07, 6.45) is 1.04. The largest absolute Gasteiger partial charge is 0.392 e. The summed E-state index contributed by atoms with van der Waals surface area (Å²) in [6, 6.07) is 6.02. The van der Waals surface area contributed by atoms with Gasteiger partial charge in [0.05, 0.1) is 23.1 Å². The lowest BCUT2D eigenvalue weighted by Gasteiger charge is -2.04. The van der Waals surface area contributed by atoms with Crippen LogP contribution < -0.4 is 0 Å². The first-order chi connectivity index (χ1) is 6.49. The summed E-state index contributed by atoms with van der Waals surface area (Å²) < 4.78 is 22.5. The molecule has 0 aromatic heterocycles. The molecule has 1 aromatic rings. The van der Waals surface area contributed by atoms with Gasteiger partial charge in [-0.05, 0) is 17.7 Å². The van der Waals surface area contributed by atoms with Gasteiger partial charge in [-0.25, -0.2) is 8.42 Å². The van der Waals surface area contributed by atoms with E-state index in [1.165, 1.54) is 18.2 Å². The third kappa shape index (κ3) is 2.10. The molecule has 4 nitrogen and oxygen atoms in total. The molecule has 0 heterocycles. The van der Waals surface area contributed by atoms with Crippen molar-refractivity contribution >= 4 is 9.84 Å². The Labute approximate surface area is 82.3 Å². The number of aliphatic hydroxyl groups is 1. The van der Waals surface area contributed by atoms with Gasteiger partial charge in [-0.2, -0.15) is 5.26 Å². The van der Waals surface area contributed by atoms with Gasteiger partial charge in [-0.1, -0.05) is 6.07 Å². The molecule has 0 fully saturated rings. The number of hydrogen-bond acceptors (Lipinski definition) is 4. The predicted octanol–water partition coefficient (Wildman–Crippen LogP) is 0.454. The number of nitriles is 1. The first kappa shape index (κ1) is 10.7. The van der Waals surface area contributed by atoms with E-state index in [4.69, 9.17) is 10.4 Å². The monoisotopic (exact) mass is 211 g/mol. The lowest BCUT2D eigenvalue weighted by Crippen LogP contribution is -2.03. The van der Waals surface area contributed by atoms with Crippen molar-refractivity contribution in [3.8, 4) is 6.07 Å². The van der Waals surface area contributed by atoms with Crippen molar-refractivity contribution in [2.24, 2.45) is 0 Å². The van der Waals surface area contributed by atoms with Crippen molar-refractivity contribution in [2.75, 3.05) is 6.26 Å². The first-order valence-electron chi connectivity index (χ1n) is 3.83. The number of sulfone groups is 1. The van der Waals surface area contributed by atoms with E-state index in [1.54, 1.807) is 0 Å². The van der Waals surface area contributed by atoms with E-state index >= 15 is 0 Å². The Morgan fingerprint density at radius 3 is 2.57 bits per heavy atom. The van der Waals surface area contributed by atoms with Crippen molar-refractivity contribution in [1.29, 1.82) is 5.26 Å². The number of rotatable bonds is 2. The standard InChI is InChI=1S/C9H9NO3S/c1-14(12,13)9-4-7(5-10)2-3-8(9)6-11/h2-4,11H,6H2,1H3. The summed E-state index contributed by atoms with van der Waals surface area (Å²) >= 11 is 0. The summed E-state index contributed by atoms with van der Waals surface area (Å²) in [5, 5.41) is 17.5. The smallest absolute Gasteiger partial charge is 0.175 e. The molecule has 1 N–H and O–H groups in total. The van der Waals surface area contributed by atoms with Gasteiger partial charge in [0.2, 0.25) is 0 Å². The Morgan fingerprint density at radius 2 is 2.14 bits per heavy atom. The van der Waals surface area contributed by atoms with Crippen molar-refractivity contribution in [1.82, 2.24) is 0 Å². The maximum atomic E-state index is 11.3. The zero-order valence-corrected chi connectivity index (χ0v) is 8.37. The lowest BCUT2D eigenvalue weighted by molar-refractivity contribution is 0.278. The highest BCUT2D eigenvalue weighted by Crippen LogP contribution is 2.17. The quantitative estimate of drug-likeness (QED) is 0.770. The minimum Gasteiger partial charge on any atom is -0.392 e. The molecule has 0 unspecified atom stereocenters. The van der Waals surface area contributed by atoms with Crippen LogP contribution in [0.15, 0.2) is 23.1 Å². The van der Waals surface area contributed by atoms with Crippen LogP contribution in [0, 0.1) is 11.3 Å². The second-order valence-electron chi connectivity index (χ2n) is 2.86. The van der Waals surface area contributed by atoms with E-state index in [2.05, 4.69) is 0 Å². The molecule has 0 aliphatic carbocycles. The average Bonchev–Trinajstić information content (AvgIpc) is 2.15. The highest BCUT2D eigenvalue weighted by molar-refractivity contribution is 7.90. The SMILES string of the molecule is CS(=O)(=O)c1cc(C#N)ccc1CO. The van der Waals surface area contributed by atoms with Crippen molar-refractivity contribution in [3.05, 3.63) is 29.3 Å². The van der Waals surface area contributed by atoms with Gasteiger partial charge in [-0.15, -0.1) is 0 Å². The summed E-state index contributed by atoms with van der Waals surface area (Å²) in [5.74, 6) is 0. The zero-order chi connectivity index (χ0) is 10.8. The average molecular weight is 211 g/mol. The van der Waals surface area contributed by atoms with E-state index in [9.17, 15) is 8.42 Å². The number of nitrogens with zero attached hydrogens (tertiary/aromatic N) is 1. The fourth-order valence-corrected chi connectivity index (χ4v) is 2.05. The van der Waals surface area contributed by atoms with Crippen molar-refractivity contribution < 1.29 is 13.5 Å². The molecule has 0 spiro atoms. The van der Waals surface area contributed by atoms with Crippen LogP contribution in [0.25, 0.3) is 0 Å². The van der Waals surface area contributed by atoms with Crippen LogP contribution in [0.3, 0.4) is 0 Å². The topological polar surface area (TPSA) is 78.2 Å². The van der Waals surface area contributed by atoms with Crippen LogP contribution in [0.1, 0.15) is 11.1 Å². The Bertz CT molecular complexity index is 485. The third-order valence-corrected chi connectivity index (χ3v) is 2.95. The van der Waals surface area contributed by atoms with Gasteiger partial charge < -0.3 is 5.11 Å². The fraction of sp³-hybridized carbons (Fsp3) is 0.222. The third-order valence-electron chi connectivity index (χ3n) is 1.77. The second kappa shape index (κ2) is 3.78. The van der Waals surface area contributed by atoms with Gasteiger partial charge >= 0.3 is 0 Å². The van der Waals surface area contributed by atoms with Crippen LogP contribution >= 0.6 is 0 Å². The molecular weight excluding hydrogens is 202 g/mol. The molecule has 14 heavy (non-hydrogen) atoms. The van der Waals surface area contributed by atoms with Crippen LogP contribution in [0.5, 0.6) is 0 Å². The first-order valence-corrected chi connectivity index (χ1v) is 5.72. The Hall–Kier alpha value is -1.38. The molecule has 0 aliphatic rings. The summed E-state index contributed by atoms with van der Waals surface area (Å²) in [4.78, 5) is 0.0130. The van der Waals surface area contributed by atoms with Crippen LogP contribution in [-0.4, -0.2) is 19.8 Å². The number of benzene rings is 1. The molecular formula is C9H9NO3S. The summed E-state index contributed by atoms with van der Waals surface area (Å²) in [5.41, 5.74) is 0.578. The molecule has 0 radical (unpaired) electrons. The molecule has 0 amide bonds. The molecule has 1 rings (SSSR count). The molecule has 0 atom stereocenters. The molecule has 0 aliphatic heterocycles. The van der Waals surface area contributed by atoms with E-state index in [-0.39, 0.29) is 17.1 Å². The minimum atomic E-state index is -3.39. The van der Waals surface area contributed by atoms with Gasteiger partial charge in [-0.3, -0.25) is 0 Å². The molecule has 74 valence electrons. The Balaban J connectivity index is 3.47. The van der Waals surface area contributed by atoms with E-state index in [0.29, 0.717) is 5.56 Å².